The van der Waals surface area contributed by atoms with Gasteiger partial charge < -0.3 is 10.4 Å². The first-order chi connectivity index (χ1) is 16.0. The monoisotopic (exact) mass is 509 g/mol. The van der Waals surface area contributed by atoms with Crippen LogP contribution in [0.2, 0.25) is 10.0 Å². The first-order valence-electron chi connectivity index (χ1n) is 10.7. The molecule has 2 N–H and O–H groups in total. The predicted molar refractivity (Wildman–Crippen MR) is 124 cm³/mol. The Morgan fingerprint density at radius 3 is 2.50 bits per heavy atom. The Hall–Kier alpha value is -2.71. The molecule has 0 aliphatic heterocycles. The van der Waals surface area contributed by atoms with Gasteiger partial charge in [-0.25, -0.2) is 8.78 Å². The molecule has 0 spiro atoms. The van der Waals surface area contributed by atoms with Crippen molar-refractivity contribution in [2.24, 2.45) is 12.5 Å². The highest BCUT2D eigenvalue weighted by atomic mass is 35.5. The van der Waals surface area contributed by atoms with Crippen molar-refractivity contribution >= 4 is 35.1 Å². The number of amides is 1. The van der Waals surface area contributed by atoms with Gasteiger partial charge in [0, 0.05) is 13.5 Å². The molecule has 1 aromatic carbocycles. The summed E-state index contributed by atoms with van der Waals surface area (Å²) in [4.78, 5) is 24.9. The number of halogens is 4. The van der Waals surface area contributed by atoms with Crippen LogP contribution in [0.5, 0.6) is 0 Å². The number of allylic oxidation sites excluding steroid dienone is 1. The van der Waals surface area contributed by atoms with E-state index in [2.05, 4.69) is 10.4 Å². The molecule has 10 heteroatoms. The zero-order valence-corrected chi connectivity index (χ0v) is 20.1. The van der Waals surface area contributed by atoms with E-state index in [0.29, 0.717) is 28.5 Å². The molecule has 180 valence electrons. The number of aryl methyl sites for hydroxylation is 1. The number of carbonyl (C=O) groups excluding carboxylic acids is 1. The van der Waals surface area contributed by atoms with E-state index in [0.717, 1.165) is 10.3 Å². The maximum absolute atomic E-state index is 13.9. The number of carboxylic acid groups (broad SMARTS) is 1. The second kappa shape index (κ2) is 8.82. The van der Waals surface area contributed by atoms with Crippen molar-refractivity contribution in [2.75, 3.05) is 0 Å². The van der Waals surface area contributed by atoms with Crippen LogP contribution in [0.3, 0.4) is 0 Å². The molecule has 1 unspecified atom stereocenters. The standard InChI is InChI=1S/C24H23Cl2F2N3O3/c1-23(22(33)34)7-5-14(6-8-23)24(9-10-24)29-21(32)18-17(30-31(2)19(18)20(27)28)12-13-3-4-15(25)16(26)11-13/h3-7,11,20H,8-10,12H2,1-2H3,(H,29,32)(H,33,34). The lowest BCUT2D eigenvalue weighted by molar-refractivity contribution is -0.145. The third kappa shape index (κ3) is 4.49. The number of aliphatic carboxylic acids is 1. The minimum absolute atomic E-state index is 0.118. The number of nitrogens with one attached hydrogen (secondary N) is 1. The summed E-state index contributed by atoms with van der Waals surface area (Å²) < 4.78 is 28.9. The van der Waals surface area contributed by atoms with E-state index in [1.807, 2.05) is 0 Å². The van der Waals surface area contributed by atoms with Gasteiger partial charge in [-0.15, -0.1) is 0 Å². The molecule has 1 atom stereocenters. The van der Waals surface area contributed by atoms with E-state index >= 15 is 0 Å². The maximum Gasteiger partial charge on any atom is 0.313 e. The van der Waals surface area contributed by atoms with Crippen molar-refractivity contribution in [3.05, 3.63) is 74.6 Å². The van der Waals surface area contributed by atoms with Crippen molar-refractivity contribution in [3.8, 4) is 0 Å². The van der Waals surface area contributed by atoms with Crippen LogP contribution >= 0.6 is 23.2 Å². The Bertz CT molecular complexity index is 1230. The summed E-state index contributed by atoms with van der Waals surface area (Å²) in [5.74, 6) is -1.58. The van der Waals surface area contributed by atoms with Crippen molar-refractivity contribution < 1.29 is 23.5 Å². The van der Waals surface area contributed by atoms with Gasteiger partial charge in [0.1, 0.15) is 5.69 Å². The summed E-state index contributed by atoms with van der Waals surface area (Å²) in [7, 11) is 1.38. The Kier molecular flexibility index (Phi) is 6.33. The number of carbonyl (C=O) groups is 2. The van der Waals surface area contributed by atoms with E-state index in [4.69, 9.17) is 23.2 Å². The lowest BCUT2D eigenvalue weighted by atomic mass is 9.80. The smallest absolute Gasteiger partial charge is 0.313 e. The summed E-state index contributed by atoms with van der Waals surface area (Å²) in [6, 6.07) is 4.91. The highest BCUT2D eigenvalue weighted by molar-refractivity contribution is 6.42. The number of hydrogen-bond donors (Lipinski definition) is 2. The van der Waals surface area contributed by atoms with Crippen LogP contribution < -0.4 is 5.32 Å². The average Bonchev–Trinajstić information content (AvgIpc) is 3.46. The van der Waals surface area contributed by atoms with E-state index in [9.17, 15) is 23.5 Å². The normalized spacial score (nSPS) is 20.9. The Morgan fingerprint density at radius 1 is 1.26 bits per heavy atom. The molecule has 1 amide bonds. The highest BCUT2D eigenvalue weighted by Gasteiger charge is 2.48. The number of alkyl halides is 2. The van der Waals surface area contributed by atoms with Gasteiger partial charge in [0.05, 0.1) is 32.3 Å². The SMILES string of the molecule is Cn1nc(Cc2ccc(Cl)c(Cl)c2)c(C(=O)NC2(C3=CCC(C)(C(=O)O)C=C3)CC2)c1C(F)F. The first kappa shape index (κ1) is 24.4. The van der Waals surface area contributed by atoms with Crippen molar-refractivity contribution in [2.45, 2.75) is 44.6 Å². The summed E-state index contributed by atoms with van der Waals surface area (Å²) >= 11 is 12.1. The molecule has 2 aliphatic rings. The molecule has 0 radical (unpaired) electrons. The molecule has 1 fully saturated rings. The molecule has 1 heterocycles. The van der Waals surface area contributed by atoms with Gasteiger partial charge in [-0.3, -0.25) is 14.3 Å². The molecule has 4 rings (SSSR count). The van der Waals surface area contributed by atoms with Gasteiger partial charge >= 0.3 is 5.97 Å². The van der Waals surface area contributed by atoms with E-state index in [-0.39, 0.29) is 24.1 Å². The topological polar surface area (TPSA) is 84.2 Å². The molecule has 0 bridgehead atoms. The Balaban J connectivity index is 1.63. The zero-order valence-electron chi connectivity index (χ0n) is 18.5. The number of nitrogens with zero attached hydrogens (tertiary/aromatic N) is 2. The zero-order chi connectivity index (χ0) is 24.8. The van der Waals surface area contributed by atoms with Crippen molar-refractivity contribution in [3.63, 3.8) is 0 Å². The number of hydrogen-bond acceptors (Lipinski definition) is 3. The largest absolute Gasteiger partial charge is 0.481 e. The number of benzene rings is 1. The van der Waals surface area contributed by atoms with Crippen LogP contribution in [0.1, 0.15) is 59.9 Å². The molecular formula is C24H23Cl2F2N3O3. The van der Waals surface area contributed by atoms with E-state index in [1.165, 1.54) is 7.05 Å². The molecule has 6 nitrogen and oxygen atoms in total. The van der Waals surface area contributed by atoms with Gasteiger partial charge in [0.2, 0.25) is 0 Å². The fourth-order valence-corrected chi connectivity index (χ4v) is 4.52. The molecule has 2 aliphatic carbocycles. The van der Waals surface area contributed by atoms with Crippen LogP contribution in [-0.2, 0) is 18.3 Å². The van der Waals surface area contributed by atoms with Gasteiger partial charge in [-0.05, 0) is 49.5 Å². The third-order valence-electron chi connectivity index (χ3n) is 6.47. The second-order valence-electron chi connectivity index (χ2n) is 9.01. The second-order valence-corrected chi connectivity index (χ2v) is 9.83. The highest BCUT2D eigenvalue weighted by Crippen LogP contribution is 2.46. The fraction of sp³-hybridized carbons (Fsp3) is 0.375. The number of rotatable bonds is 7. The van der Waals surface area contributed by atoms with Gasteiger partial charge in [0.25, 0.3) is 12.3 Å². The molecule has 2 aromatic rings. The van der Waals surface area contributed by atoms with Crippen LogP contribution in [0, 0.1) is 5.41 Å². The van der Waals surface area contributed by atoms with Crippen molar-refractivity contribution in [1.29, 1.82) is 0 Å². The lowest BCUT2D eigenvalue weighted by Crippen LogP contribution is -2.40. The third-order valence-corrected chi connectivity index (χ3v) is 7.21. The molecule has 0 saturated heterocycles. The minimum atomic E-state index is -2.90. The number of carboxylic acids is 1. The molecule has 1 aromatic heterocycles. The van der Waals surface area contributed by atoms with Crippen LogP contribution in [0.15, 0.2) is 42.0 Å². The molecular weight excluding hydrogens is 487 g/mol. The van der Waals surface area contributed by atoms with E-state index < -0.39 is 34.9 Å². The molecule has 34 heavy (non-hydrogen) atoms. The number of aromatic nitrogens is 2. The summed E-state index contributed by atoms with van der Waals surface area (Å²) in [5, 5.41) is 17.2. The quantitative estimate of drug-likeness (QED) is 0.516. The van der Waals surface area contributed by atoms with Gasteiger partial charge in [-0.1, -0.05) is 47.5 Å². The summed E-state index contributed by atoms with van der Waals surface area (Å²) in [6.45, 7) is 1.62. The molecule has 1 saturated carbocycles. The fourth-order valence-electron chi connectivity index (χ4n) is 4.19. The minimum Gasteiger partial charge on any atom is -0.481 e. The first-order valence-corrected chi connectivity index (χ1v) is 11.4. The lowest BCUT2D eigenvalue weighted by Gasteiger charge is -2.27. The summed E-state index contributed by atoms with van der Waals surface area (Å²) in [6.07, 6.45) is 3.88. The van der Waals surface area contributed by atoms with Crippen LogP contribution in [-0.4, -0.2) is 32.3 Å². The average molecular weight is 510 g/mol. The Labute approximate surface area is 205 Å². The predicted octanol–water partition coefficient (Wildman–Crippen LogP) is 5.49. The maximum atomic E-state index is 13.9. The van der Waals surface area contributed by atoms with Crippen molar-refractivity contribution in [1.82, 2.24) is 15.1 Å². The van der Waals surface area contributed by atoms with Crippen LogP contribution in [0.25, 0.3) is 0 Å². The van der Waals surface area contributed by atoms with E-state index in [1.54, 1.807) is 43.4 Å². The summed E-state index contributed by atoms with van der Waals surface area (Å²) in [5.41, 5.74) is -0.675. The van der Waals surface area contributed by atoms with Gasteiger partial charge in [-0.2, -0.15) is 5.10 Å². The van der Waals surface area contributed by atoms with Gasteiger partial charge in [0.15, 0.2) is 0 Å². The Morgan fingerprint density at radius 2 is 1.97 bits per heavy atom. The van der Waals surface area contributed by atoms with Crippen LogP contribution in [0.4, 0.5) is 8.78 Å².